The molecule has 8 aromatic carbocycles. The van der Waals surface area contributed by atoms with Crippen LogP contribution >= 0.6 is 0 Å². The van der Waals surface area contributed by atoms with Gasteiger partial charge < -0.3 is 4.57 Å². The fourth-order valence-electron chi connectivity index (χ4n) is 8.50. The average Bonchev–Trinajstić information content (AvgIpc) is 3.69. The van der Waals surface area contributed by atoms with Gasteiger partial charge in [0.05, 0.1) is 62.5 Å². The molecule has 5 nitrogen and oxygen atoms in total. The Balaban J connectivity index is 1.29. The number of rotatable bonds is 7. The molecule has 0 aliphatic carbocycles. The normalized spacial score (nSPS) is 11.7. The van der Waals surface area contributed by atoms with Crippen LogP contribution in [-0.4, -0.2) is 14.5 Å². The molecule has 0 unspecified atom stereocenters. The molecule has 0 atom stereocenters. The van der Waals surface area contributed by atoms with Crippen LogP contribution in [0.3, 0.4) is 0 Å². The van der Waals surface area contributed by atoms with Crippen LogP contribution in [0, 0.1) is 22.7 Å². The molecule has 0 saturated heterocycles. The van der Waals surface area contributed by atoms with E-state index >= 15 is 0 Å². The highest BCUT2D eigenvalue weighted by Gasteiger charge is 2.37. The molecule has 0 saturated carbocycles. The first-order chi connectivity index (χ1) is 32.4. The lowest BCUT2D eigenvalue weighted by molar-refractivity contribution is -0.143. The number of para-hydroxylation sites is 1. The number of aromatic nitrogens is 3. The molecule has 67 heavy (non-hydrogen) atoms. The molecule has 11 heteroatoms. The molecule has 2 aromatic heterocycles. The maximum Gasteiger partial charge on any atom is 0.416 e. The fourth-order valence-corrected chi connectivity index (χ4v) is 8.50. The zero-order valence-electron chi connectivity index (χ0n) is 34.9. The Bertz CT molecular complexity index is 3430. The zero-order chi connectivity index (χ0) is 46.5. The number of halogens is 6. The van der Waals surface area contributed by atoms with Crippen LogP contribution in [-0.2, 0) is 12.4 Å². The molecule has 322 valence electrons. The fraction of sp³-hybridized carbons (Fsp3) is 0.0357. The lowest BCUT2D eigenvalue weighted by atomic mass is 9.91. The van der Waals surface area contributed by atoms with Gasteiger partial charge in [-0.15, -0.1) is 0 Å². The Morgan fingerprint density at radius 2 is 0.851 bits per heavy atom. The van der Waals surface area contributed by atoms with E-state index < -0.39 is 23.5 Å². The van der Waals surface area contributed by atoms with Crippen LogP contribution in [0.25, 0.3) is 94.8 Å². The predicted molar refractivity (Wildman–Crippen MR) is 248 cm³/mol. The van der Waals surface area contributed by atoms with Gasteiger partial charge in [0.25, 0.3) is 0 Å². The number of hydrogen-bond acceptors (Lipinski definition) is 4. The molecule has 0 spiro atoms. The third kappa shape index (κ3) is 8.04. The van der Waals surface area contributed by atoms with E-state index in [1.165, 1.54) is 6.07 Å². The molecule has 0 aliphatic heterocycles. The number of fused-ring (bicyclic) bond motifs is 3. The zero-order valence-corrected chi connectivity index (χ0v) is 34.9. The Hall–Kier alpha value is -8.80. The van der Waals surface area contributed by atoms with Crippen molar-refractivity contribution in [2.75, 3.05) is 0 Å². The van der Waals surface area contributed by atoms with E-state index in [-0.39, 0.29) is 17.2 Å². The highest BCUT2D eigenvalue weighted by molar-refractivity contribution is 6.12. The van der Waals surface area contributed by atoms with Crippen LogP contribution in [0.5, 0.6) is 0 Å². The van der Waals surface area contributed by atoms with E-state index in [4.69, 9.17) is 9.97 Å². The minimum absolute atomic E-state index is 0.123. The maximum absolute atomic E-state index is 14.1. The second-order valence-electron chi connectivity index (χ2n) is 15.9. The summed E-state index contributed by atoms with van der Waals surface area (Å²) in [5.41, 5.74) is 6.55. The van der Waals surface area contributed by atoms with E-state index in [0.29, 0.717) is 72.5 Å². The van der Waals surface area contributed by atoms with Crippen LogP contribution in [0.15, 0.2) is 188 Å². The van der Waals surface area contributed by atoms with Gasteiger partial charge in [-0.25, -0.2) is 9.97 Å². The van der Waals surface area contributed by atoms with Crippen LogP contribution in [0.4, 0.5) is 26.3 Å². The first-order valence-corrected chi connectivity index (χ1v) is 20.9. The summed E-state index contributed by atoms with van der Waals surface area (Å²) in [5, 5.41) is 20.9. The predicted octanol–water partition coefficient (Wildman–Crippen LogP) is 15.4. The average molecular weight is 888 g/mol. The summed E-state index contributed by atoms with van der Waals surface area (Å²) in [6, 6.07) is 57.9. The largest absolute Gasteiger partial charge is 0.416 e. The Labute approximate surface area is 379 Å². The van der Waals surface area contributed by atoms with Crippen molar-refractivity contribution in [3.8, 4) is 85.1 Å². The molecule has 10 aromatic rings. The lowest BCUT2D eigenvalue weighted by Gasteiger charge is -2.21. The Morgan fingerprint density at radius 1 is 0.388 bits per heavy atom. The van der Waals surface area contributed by atoms with E-state index in [1.807, 2.05) is 132 Å². The van der Waals surface area contributed by atoms with Crippen molar-refractivity contribution in [3.05, 3.63) is 210 Å². The van der Waals surface area contributed by atoms with Gasteiger partial charge in [0, 0.05) is 38.6 Å². The maximum atomic E-state index is 14.1. The molecule has 0 radical (unpaired) electrons. The quantitative estimate of drug-likeness (QED) is 0.149. The molecule has 0 bridgehead atoms. The summed E-state index contributed by atoms with van der Waals surface area (Å²) in [6.45, 7) is 0. The van der Waals surface area contributed by atoms with Gasteiger partial charge in [0.1, 0.15) is 0 Å². The summed E-state index contributed by atoms with van der Waals surface area (Å²) in [6.07, 6.45) is -10.0. The van der Waals surface area contributed by atoms with E-state index in [0.717, 1.165) is 34.4 Å². The van der Waals surface area contributed by atoms with Crippen molar-refractivity contribution < 1.29 is 26.3 Å². The van der Waals surface area contributed by atoms with Gasteiger partial charge in [0.2, 0.25) is 0 Å². The summed E-state index contributed by atoms with van der Waals surface area (Å²) >= 11 is 0. The monoisotopic (exact) mass is 887 g/mol. The van der Waals surface area contributed by atoms with E-state index in [9.17, 15) is 36.9 Å². The van der Waals surface area contributed by atoms with Gasteiger partial charge in [0.15, 0.2) is 5.82 Å². The molecular formula is C56H31F6N5. The molecular weight excluding hydrogens is 857 g/mol. The van der Waals surface area contributed by atoms with Gasteiger partial charge in [-0.1, -0.05) is 109 Å². The summed E-state index contributed by atoms with van der Waals surface area (Å²) in [7, 11) is 0. The summed E-state index contributed by atoms with van der Waals surface area (Å²) in [4.78, 5) is 10.3. The molecule has 0 N–H and O–H groups in total. The lowest BCUT2D eigenvalue weighted by Crippen LogP contribution is -2.11. The minimum atomic E-state index is -5.02. The smallest absolute Gasteiger partial charge is 0.308 e. The van der Waals surface area contributed by atoms with Crippen LogP contribution in [0.1, 0.15) is 22.3 Å². The first-order valence-electron chi connectivity index (χ1n) is 20.9. The van der Waals surface area contributed by atoms with Crippen molar-refractivity contribution in [2.45, 2.75) is 12.4 Å². The van der Waals surface area contributed by atoms with Crippen LogP contribution in [0.2, 0.25) is 0 Å². The molecule has 2 heterocycles. The third-order valence-electron chi connectivity index (χ3n) is 11.7. The van der Waals surface area contributed by atoms with Crippen molar-refractivity contribution in [1.29, 1.82) is 10.5 Å². The summed E-state index contributed by atoms with van der Waals surface area (Å²) in [5.74, 6) is 0.419. The molecule has 10 rings (SSSR count). The van der Waals surface area contributed by atoms with Gasteiger partial charge in [-0.3, -0.25) is 0 Å². The minimum Gasteiger partial charge on any atom is -0.308 e. The number of alkyl halides is 6. The van der Waals surface area contributed by atoms with Gasteiger partial charge in [-0.05, 0) is 101 Å². The van der Waals surface area contributed by atoms with Gasteiger partial charge >= 0.3 is 12.4 Å². The highest BCUT2D eigenvalue weighted by Crippen LogP contribution is 2.46. The first kappa shape index (κ1) is 42.2. The van der Waals surface area contributed by atoms with E-state index in [1.54, 1.807) is 36.4 Å². The number of hydrogen-bond donors (Lipinski definition) is 0. The Kier molecular flexibility index (Phi) is 10.5. The second kappa shape index (κ2) is 16.6. The molecule has 0 aliphatic rings. The third-order valence-corrected chi connectivity index (χ3v) is 11.7. The standard InChI is InChI=1S/C56H31F6N5/c57-55(58,59)43-25-41(26-44(30-43)56(60,61)62)40-23-24-52-48(27-40)45-13-7-8-14-51(45)67(52)53-46(36-19-15-34(32-63)16-20-36)28-42(29-47(53)37-21-17-35(33-64)18-22-37)54-65-49(38-9-3-1-4-10-38)31-50(66-54)39-11-5-2-6-12-39/h1-31H. The highest BCUT2D eigenvalue weighted by atomic mass is 19.4. The number of nitrogens with zero attached hydrogens (tertiary/aromatic N) is 5. The van der Waals surface area contributed by atoms with Crippen molar-refractivity contribution in [3.63, 3.8) is 0 Å². The van der Waals surface area contributed by atoms with Crippen LogP contribution < -0.4 is 0 Å². The summed E-state index contributed by atoms with van der Waals surface area (Å²) < 4.78 is 86.4. The second-order valence-corrected chi connectivity index (χ2v) is 15.9. The van der Waals surface area contributed by atoms with E-state index in [2.05, 4.69) is 12.1 Å². The number of benzene rings is 8. The van der Waals surface area contributed by atoms with Crippen molar-refractivity contribution >= 4 is 21.8 Å². The van der Waals surface area contributed by atoms with Gasteiger partial charge in [-0.2, -0.15) is 36.9 Å². The number of nitriles is 2. The van der Waals surface area contributed by atoms with Crippen molar-refractivity contribution in [1.82, 2.24) is 14.5 Å². The SMILES string of the molecule is N#Cc1ccc(-c2cc(-c3nc(-c4ccccc4)cc(-c4ccccc4)n3)cc(-c3ccc(C#N)cc3)c2-n2c3ccccc3c3cc(-c4cc(C(F)(F)F)cc(C(F)(F)F)c4)ccc32)cc1. The Morgan fingerprint density at radius 3 is 1.34 bits per heavy atom. The topological polar surface area (TPSA) is 78.3 Å². The van der Waals surface area contributed by atoms with Crippen molar-refractivity contribution in [2.24, 2.45) is 0 Å². The molecule has 0 amide bonds. The molecule has 0 fully saturated rings.